The highest BCUT2D eigenvalue weighted by Crippen LogP contribution is 2.08. The van der Waals surface area contributed by atoms with Gasteiger partial charge in [-0.3, -0.25) is 0 Å². The first-order valence-corrected chi connectivity index (χ1v) is 11.9. The molecule has 0 unspecified atom stereocenters. The third-order valence-electron chi connectivity index (χ3n) is 4.91. The zero-order valence-electron chi connectivity index (χ0n) is 19.8. The summed E-state index contributed by atoms with van der Waals surface area (Å²) in [5.41, 5.74) is 0.480. The zero-order valence-corrected chi connectivity index (χ0v) is 19.8. The van der Waals surface area contributed by atoms with Gasteiger partial charge in [0, 0.05) is 5.57 Å². The van der Waals surface area contributed by atoms with Crippen molar-refractivity contribution in [3.8, 4) is 0 Å². The van der Waals surface area contributed by atoms with E-state index >= 15 is 0 Å². The molecule has 0 saturated carbocycles. The predicted octanol–water partition coefficient (Wildman–Crippen LogP) is 6.90. The van der Waals surface area contributed by atoms with E-state index in [-0.39, 0.29) is 5.97 Å². The smallest absolute Gasteiger partial charge is 0.462 e. The van der Waals surface area contributed by atoms with Crippen molar-refractivity contribution >= 4 is 13.2 Å². The minimum atomic E-state index is -6.00. The number of hydrogen-bond donors (Lipinski definition) is 0. The molecule has 1 aromatic heterocycles. The first-order valence-electron chi connectivity index (χ1n) is 11.9. The van der Waals surface area contributed by atoms with Crippen LogP contribution < -0.4 is 4.57 Å². The number of carbonyl (C=O) groups excluding carboxylic acids is 1. The van der Waals surface area contributed by atoms with Crippen LogP contribution in [0.1, 0.15) is 90.9 Å². The Labute approximate surface area is 191 Å². The van der Waals surface area contributed by atoms with E-state index < -0.39 is 7.25 Å². The lowest BCUT2D eigenvalue weighted by molar-refractivity contribution is -0.696. The molecule has 0 aliphatic carbocycles. The Morgan fingerprint density at radius 2 is 1.47 bits per heavy atom. The Kier molecular flexibility index (Phi) is 17.7. The van der Waals surface area contributed by atoms with Gasteiger partial charge in [-0.15, -0.1) is 0 Å². The van der Waals surface area contributed by atoms with Gasteiger partial charge in [0.25, 0.3) is 0 Å². The summed E-state index contributed by atoms with van der Waals surface area (Å²) < 4.78 is 48.7. The van der Waals surface area contributed by atoms with Gasteiger partial charge in [-0.2, -0.15) is 0 Å². The number of esters is 1. The molecule has 32 heavy (non-hydrogen) atoms. The quantitative estimate of drug-likeness (QED) is 0.0628. The number of hydrogen-bond acceptors (Lipinski definition) is 2. The topological polar surface area (TPSA) is 35.1 Å². The van der Waals surface area contributed by atoms with Crippen molar-refractivity contribution in [2.45, 2.75) is 104 Å². The molecule has 0 radical (unpaired) electrons. The van der Waals surface area contributed by atoms with Gasteiger partial charge in [0.15, 0.2) is 0 Å². The van der Waals surface area contributed by atoms with Crippen LogP contribution in [0.4, 0.5) is 17.3 Å². The minimum absolute atomic E-state index is 0.268. The molecule has 0 fully saturated rings. The molecule has 0 bridgehead atoms. The molecular formula is C23H41BF4N2O2. The lowest BCUT2D eigenvalue weighted by Gasteiger charge is -2.04. The highest BCUT2D eigenvalue weighted by atomic mass is 19.5. The average Bonchev–Trinajstić information content (AvgIpc) is 3.15. The summed E-state index contributed by atoms with van der Waals surface area (Å²) in [5.74, 6) is -0.268. The van der Waals surface area contributed by atoms with Crippen LogP contribution in [0.15, 0.2) is 30.9 Å². The van der Waals surface area contributed by atoms with Gasteiger partial charge >= 0.3 is 13.2 Å². The second kappa shape index (κ2) is 18.7. The molecule has 0 saturated heterocycles. The summed E-state index contributed by atoms with van der Waals surface area (Å²) in [6.07, 6.45) is 21.8. The molecule has 0 amide bonds. The number of carbonyl (C=O) groups is 1. The van der Waals surface area contributed by atoms with Crippen LogP contribution >= 0.6 is 0 Å². The van der Waals surface area contributed by atoms with Crippen molar-refractivity contribution in [1.82, 2.24) is 4.57 Å². The molecular weight excluding hydrogens is 423 g/mol. The Balaban J connectivity index is 0.00000172. The fourth-order valence-electron chi connectivity index (χ4n) is 3.17. The number of aryl methyl sites for hydroxylation is 2. The van der Waals surface area contributed by atoms with Crippen molar-refractivity contribution in [1.29, 1.82) is 0 Å². The maximum atomic E-state index is 11.2. The Hall–Kier alpha value is -1.80. The molecule has 0 aromatic carbocycles. The van der Waals surface area contributed by atoms with E-state index in [0.29, 0.717) is 12.2 Å². The molecule has 9 heteroatoms. The van der Waals surface area contributed by atoms with Gasteiger partial charge in [0.2, 0.25) is 6.33 Å². The van der Waals surface area contributed by atoms with Gasteiger partial charge in [0.1, 0.15) is 12.4 Å². The predicted molar refractivity (Wildman–Crippen MR) is 122 cm³/mol. The molecule has 0 spiro atoms. The van der Waals surface area contributed by atoms with E-state index in [0.717, 1.165) is 25.9 Å². The summed E-state index contributed by atoms with van der Waals surface area (Å²) in [5, 5.41) is 0. The average molecular weight is 464 g/mol. The third-order valence-corrected chi connectivity index (χ3v) is 4.91. The van der Waals surface area contributed by atoms with Gasteiger partial charge in [0.05, 0.1) is 19.7 Å². The number of imidazole rings is 1. The van der Waals surface area contributed by atoms with E-state index in [1.807, 2.05) is 0 Å². The first-order chi connectivity index (χ1) is 15.1. The van der Waals surface area contributed by atoms with E-state index in [9.17, 15) is 22.1 Å². The summed E-state index contributed by atoms with van der Waals surface area (Å²) in [6.45, 7) is 10.3. The molecule has 1 aromatic rings. The summed E-state index contributed by atoms with van der Waals surface area (Å²) in [6, 6.07) is 0. The van der Waals surface area contributed by atoms with Crippen LogP contribution in [0.2, 0.25) is 0 Å². The number of ether oxygens (including phenoxy) is 1. The standard InChI is InChI=1S/C23H41N2O2.BF4/c1-4-5-6-7-10-13-16-24-18-19-25(21-24)17-14-11-8-9-12-15-20-27-23(26)22(2)3;2-1(3,4)5/h18-19,21H,2,4-17,20H2,1,3H3;/q+1;-1. The van der Waals surface area contributed by atoms with Gasteiger partial charge < -0.3 is 22.0 Å². The van der Waals surface area contributed by atoms with E-state index in [1.165, 1.54) is 64.2 Å². The lowest BCUT2D eigenvalue weighted by Crippen LogP contribution is -2.30. The third kappa shape index (κ3) is 21.4. The molecule has 0 aliphatic rings. The van der Waals surface area contributed by atoms with Gasteiger partial charge in [-0.25, -0.2) is 13.9 Å². The maximum Gasteiger partial charge on any atom is 0.673 e. The molecule has 0 aliphatic heterocycles. The normalized spacial score (nSPS) is 11.1. The van der Waals surface area contributed by atoms with Crippen LogP contribution in [-0.4, -0.2) is 24.4 Å². The fourth-order valence-corrected chi connectivity index (χ4v) is 3.17. The highest BCUT2D eigenvalue weighted by Gasteiger charge is 2.20. The minimum Gasteiger partial charge on any atom is -0.462 e. The number of unbranched alkanes of at least 4 members (excludes halogenated alkanes) is 10. The van der Waals surface area contributed by atoms with Crippen molar-refractivity contribution < 1.29 is 31.4 Å². The number of aromatic nitrogens is 2. The SMILES string of the molecule is C=C(C)C(=O)OCCCCCCCC[n+]1ccn(CCCCCCCC)c1.F[B-](F)(F)F. The molecule has 4 nitrogen and oxygen atoms in total. The Bertz CT molecular complexity index is 615. The van der Waals surface area contributed by atoms with E-state index in [1.54, 1.807) is 6.92 Å². The number of nitrogens with zero attached hydrogens (tertiary/aromatic N) is 2. The number of rotatable bonds is 17. The van der Waals surface area contributed by atoms with E-state index in [4.69, 9.17) is 4.74 Å². The Morgan fingerprint density at radius 3 is 2.06 bits per heavy atom. The van der Waals surface area contributed by atoms with Crippen LogP contribution in [0.3, 0.4) is 0 Å². The molecule has 1 rings (SSSR count). The second-order valence-corrected chi connectivity index (χ2v) is 8.19. The summed E-state index contributed by atoms with van der Waals surface area (Å²) in [7, 11) is -6.00. The summed E-state index contributed by atoms with van der Waals surface area (Å²) >= 11 is 0. The lowest BCUT2D eigenvalue weighted by atomic mass is 10.1. The maximum absolute atomic E-state index is 11.2. The Morgan fingerprint density at radius 1 is 0.938 bits per heavy atom. The van der Waals surface area contributed by atoms with Gasteiger partial charge in [-0.05, 0) is 39.0 Å². The van der Waals surface area contributed by atoms with Crippen molar-refractivity contribution in [3.63, 3.8) is 0 Å². The molecule has 0 N–H and O–H groups in total. The molecule has 1 heterocycles. The largest absolute Gasteiger partial charge is 0.673 e. The van der Waals surface area contributed by atoms with E-state index in [2.05, 4.69) is 41.4 Å². The fraction of sp³-hybridized carbons (Fsp3) is 0.739. The second-order valence-electron chi connectivity index (χ2n) is 8.19. The molecule has 0 atom stereocenters. The first kappa shape index (κ1) is 30.2. The van der Waals surface area contributed by atoms with Crippen molar-refractivity contribution in [2.75, 3.05) is 6.61 Å². The zero-order chi connectivity index (χ0) is 24.2. The van der Waals surface area contributed by atoms with Crippen molar-refractivity contribution in [3.05, 3.63) is 30.9 Å². The van der Waals surface area contributed by atoms with Crippen LogP contribution in [0, 0.1) is 0 Å². The van der Waals surface area contributed by atoms with Crippen molar-refractivity contribution in [2.24, 2.45) is 0 Å². The van der Waals surface area contributed by atoms with Gasteiger partial charge in [-0.1, -0.05) is 58.4 Å². The molecule has 186 valence electrons. The highest BCUT2D eigenvalue weighted by molar-refractivity contribution is 6.50. The van der Waals surface area contributed by atoms with Crippen LogP contribution in [-0.2, 0) is 22.6 Å². The van der Waals surface area contributed by atoms with Crippen LogP contribution in [0.5, 0.6) is 0 Å². The monoisotopic (exact) mass is 464 g/mol. The number of halogens is 4. The van der Waals surface area contributed by atoms with Crippen LogP contribution in [0.25, 0.3) is 0 Å². The summed E-state index contributed by atoms with van der Waals surface area (Å²) in [4.78, 5) is 11.2.